The largest absolute Gasteiger partial charge is 0.350 e. The minimum absolute atomic E-state index is 0.134. The third-order valence-corrected chi connectivity index (χ3v) is 7.76. The van der Waals surface area contributed by atoms with E-state index in [1.807, 2.05) is 54.8 Å². The quantitative estimate of drug-likeness (QED) is 0.694. The fourth-order valence-electron chi connectivity index (χ4n) is 4.73. The first-order chi connectivity index (χ1) is 15.1. The van der Waals surface area contributed by atoms with Crippen molar-refractivity contribution in [1.29, 1.82) is 0 Å². The van der Waals surface area contributed by atoms with E-state index in [1.54, 1.807) is 6.33 Å². The van der Waals surface area contributed by atoms with Crippen LogP contribution in [0.5, 0.6) is 0 Å². The van der Waals surface area contributed by atoms with Crippen molar-refractivity contribution in [1.82, 2.24) is 14.9 Å². The molecule has 0 radical (unpaired) electrons. The Labute approximate surface area is 199 Å². The van der Waals surface area contributed by atoms with Gasteiger partial charge in [0.2, 0.25) is 5.91 Å². The van der Waals surface area contributed by atoms with Crippen LogP contribution in [0.4, 0.5) is 5.82 Å². The average Bonchev–Trinajstić information content (AvgIpc) is 3.13. The summed E-state index contributed by atoms with van der Waals surface area (Å²) in [5.74, 6) is 1.82. The maximum absolute atomic E-state index is 13.7. The molecule has 0 bridgehead atoms. The summed E-state index contributed by atoms with van der Waals surface area (Å²) in [5, 5.41) is 1.06. The van der Waals surface area contributed by atoms with Gasteiger partial charge in [-0.25, -0.2) is 9.97 Å². The van der Waals surface area contributed by atoms with E-state index in [-0.39, 0.29) is 17.9 Å². The lowest BCUT2D eigenvalue weighted by molar-refractivity contribution is -0.134. The number of aromatic nitrogens is 2. The van der Waals surface area contributed by atoms with Gasteiger partial charge in [-0.15, -0.1) is 11.8 Å². The SMILES string of the molecule is CC1SCc2ncnc(N3CCN(C(=O)C(CC(C)(C)N)c4ccc(Cl)cc4)CC3C)c21. The Morgan fingerprint density at radius 1 is 1.25 bits per heavy atom. The molecule has 0 spiro atoms. The molecule has 3 unspecified atom stereocenters. The van der Waals surface area contributed by atoms with Gasteiger partial charge in [-0.05, 0) is 51.8 Å². The first-order valence-corrected chi connectivity index (χ1v) is 12.6. The number of amides is 1. The van der Waals surface area contributed by atoms with E-state index in [1.165, 1.54) is 5.56 Å². The topological polar surface area (TPSA) is 75.4 Å². The summed E-state index contributed by atoms with van der Waals surface area (Å²) < 4.78 is 0. The summed E-state index contributed by atoms with van der Waals surface area (Å²) in [6.45, 7) is 10.4. The molecule has 2 aromatic rings. The number of benzene rings is 1. The van der Waals surface area contributed by atoms with Crippen LogP contribution in [0.25, 0.3) is 0 Å². The first-order valence-electron chi connectivity index (χ1n) is 11.2. The highest BCUT2D eigenvalue weighted by atomic mass is 35.5. The van der Waals surface area contributed by atoms with E-state index in [9.17, 15) is 4.79 Å². The summed E-state index contributed by atoms with van der Waals surface area (Å²) in [6, 6.07) is 7.74. The van der Waals surface area contributed by atoms with E-state index in [4.69, 9.17) is 17.3 Å². The van der Waals surface area contributed by atoms with Crippen LogP contribution >= 0.6 is 23.4 Å². The zero-order valence-electron chi connectivity index (χ0n) is 19.2. The van der Waals surface area contributed by atoms with Gasteiger partial charge in [0.05, 0.1) is 11.6 Å². The molecule has 1 saturated heterocycles. The number of hydrogen-bond donors (Lipinski definition) is 1. The molecule has 2 N–H and O–H groups in total. The van der Waals surface area contributed by atoms with E-state index < -0.39 is 5.54 Å². The van der Waals surface area contributed by atoms with Crippen molar-refractivity contribution < 1.29 is 4.79 Å². The molecule has 6 nitrogen and oxygen atoms in total. The van der Waals surface area contributed by atoms with Crippen LogP contribution in [0.3, 0.4) is 0 Å². The molecule has 1 aromatic heterocycles. The molecule has 3 atom stereocenters. The Hall–Kier alpha value is -1.83. The van der Waals surface area contributed by atoms with Crippen molar-refractivity contribution in [2.75, 3.05) is 24.5 Å². The number of carbonyl (C=O) groups excluding carboxylic acids is 1. The molecule has 4 rings (SSSR count). The van der Waals surface area contributed by atoms with Crippen LogP contribution in [-0.4, -0.2) is 52.0 Å². The zero-order valence-corrected chi connectivity index (χ0v) is 20.8. The second-order valence-corrected chi connectivity index (χ2v) is 11.4. The molecule has 2 aliphatic rings. The van der Waals surface area contributed by atoms with Gasteiger partial charge in [-0.2, -0.15) is 0 Å². The van der Waals surface area contributed by atoms with Crippen LogP contribution in [-0.2, 0) is 10.5 Å². The molecule has 172 valence electrons. The van der Waals surface area contributed by atoms with Gasteiger partial charge in [-0.1, -0.05) is 23.7 Å². The van der Waals surface area contributed by atoms with E-state index in [0.717, 1.165) is 29.4 Å². The minimum Gasteiger partial charge on any atom is -0.350 e. The van der Waals surface area contributed by atoms with Crippen LogP contribution < -0.4 is 10.6 Å². The molecule has 1 aromatic carbocycles. The third kappa shape index (κ3) is 4.90. The summed E-state index contributed by atoms with van der Waals surface area (Å²) in [5.41, 5.74) is 9.25. The second-order valence-electron chi connectivity index (χ2n) is 9.63. The smallest absolute Gasteiger partial charge is 0.230 e. The average molecular weight is 474 g/mol. The maximum Gasteiger partial charge on any atom is 0.230 e. The van der Waals surface area contributed by atoms with E-state index >= 15 is 0 Å². The normalized spacial score (nSPS) is 22.1. The van der Waals surface area contributed by atoms with Gasteiger partial charge in [0.1, 0.15) is 12.1 Å². The van der Waals surface area contributed by atoms with Crippen molar-refractivity contribution >= 4 is 35.1 Å². The predicted octanol–water partition coefficient (Wildman–Crippen LogP) is 4.39. The van der Waals surface area contributed by atoms with Gasteiger partial charge < -0.3 is 15.5 Å². The molecule has 32 heavy (non-hydrogen) atoms. The molecule has 2 aliphatic heterocycles. The monoisotopic (exact) mass is 473 g/mol. The van der Waals surface area contributed by atoms with Crippen molar-refractivity contribution in [3.05, 3.63) is 52.4 Å². The predicted molar refractivity (Wildman–Crippen MR) is 132 cm³/mol. The first kappa shape index (κ1) is 23.3. The fourth-order valence-corrected chi connectivity index (χ4v) is 5.90. The van der Waals surface area contributed by atoms with Gasteiger partial charge in [0.15, 0.2) is 0 Å². The molecule has 8 heteroatoms. The highest BCUT2D eigenvalue weighted by molar-refractivity contribution is 7.99. The number of thioether (sulfide) groups is 1. The van der Waals surface area contributed by atoms with Crippen molar-refractivity contribution in [3.8, 4) is 0 Å². The molecule has 0 aliphatic carbocycles. The maximum atomic E-state index is 13.7. The molecule has 1 fully saturated rings. The zero-order chi connectivity index (χ0) is 23.0. The number of halogens is 1. The highest BCUT2D eigenvalue weighted by Crippen LogP contribution is 2.44. The van der Waals surface area contributed by atoms with E-state index in [2.05, 4.69) is 28.7 Å². The van der Waals surface area contributed by atoms with Crippen LogP contribution in [0.2, 0.25) is 5.02 Å². The number of carbonyl (C=O) groups is 1. The number of rotatable bonds is 5. The Morgan fingerprint density at radius 2 is 1.97 bits per heavy atom. The molecular formula is C24H32ClN5OS. The number of nitrogens with two attached hydrogens (primary N) is 1. The Morgan fingerprint density at radius 3 is 2.62 bits per heavy atom. The summed E-state index contributed by atoms with van der Waals surface area (Å²) in [4.78, 5) is 27.2. The van der Waals surface area contributed by atoms with Crippen LogP contribution in [0, 0.1) is 0 Å². The van der Waals surface area contributed by atoms with Gasteiger partial charge in [-0.3, -0.25) is 4.79 Å². The third-order valence-electron chi connectivity index (χ3n) is 6.33. The van der Waals surface area contributed by atoms with Gasteiger partial charge >= 0.3 is 0 Å². The molecular weight excluding hydrogens is 442 g/mol. The lowest BCUT2D eigenvalue weighted by atomic mass is 9.85. The van der Waals surface area contributed by atoms with Crippen molar-refractivity contribution in [3.63, 3.8) is 0 Å². The highest BCUT2D eigenvalue weighted by Gasteiger charge is 2.36. The Bertz CT molecular complexity index is 977. The number of anilines is 1. The summed E-state index contributed by atoms with van der Waals surface area (Å²) >= 11 is 7.99. The number of piperazine rings is 1. The van der Waals surface area contributed by atoms with E-state index in [0.29, 0.717) is 29.8 Å². The molecule has 3 heterocycles. The number of fused-ring (bicyclic) bond motifs is 1. The number of nitrogens with zero attached hydrogens (tertiary/aromatic N) is 4. The summed E-state index contributed by atoms with van der Waals surface area (Å²) in [7, 11) is 0. The van der Waals surface area contributed by atoms with Gasteiger partial charge in [0, 0.05) is 52.8 Å². The standard InChI is InChI=1S/C24H32ClN5OS/c1-15-12-29(9-10-30(15)22-21-16(2)32-13-20(21)27-14-28-22)23(31)19(11-24(3,4)26)17-5-7-18(25)8-6-17/h5-8,14-16,19H,9-13,26H2,1-4H3. The fraction of sp³-hybridized carbons (Fsp3) is 0.542. The van der Waals surface area contributed by atoms with Crippen molar-refractivity contribution in [2.24, 2.45) is 5.73 Å². The lowest BCUT2D eigenvalue weighted by Gasteiger charge is -2.42. The minimum atomic E-state index is -0.456. The lowest BCUT2D eigenvalue weighted by Crippen LogP contribution is -2.55. The molecule has 1 amide bonds. The molecule has 0 saturated carbocycles. The Balaban J connectivity index is 1.53. The van der Waals surface area contributed by atoms with Crippen LogP contribution in [0.15, 0.2) is 30.6 Å². The van der Waals surface area contributed by atoms with Crippen LogP contribution in [0.1, 0.15) is 62.1 Å². The Kier molecular flexibility index (Phi) is 6.71. The van der Waals surface area contributed by atoms with Crippen molar-refractivity contribution in [2.45, 2.75) is 62.6 Å². The summed E-state index contributed by atoms with van der Waals surface area (Å²) in [6.07, 6.45) is 2.26. The van der Waals surface area contributed by atoms with Gasteiger partial charge in [0.25, 0.3) is 0 Å². The second kappa shape index (κ2) is 9.20. The number of hydrogen-bond acceptors (Lipinski definition) is 6.